The van der Waals surface area contributed by atoms with Crippen molar-refractivity contribution < 1.29 is 13.5 Å². The van der Waals surface area contributed by atoms with Gasteiger partial charge in [-0.2, -0.15) is 4.31 Å². The van der Waals surface area contributed by atoms with Gasteiger partial charge in [-0.05, 0) is 25.2 Å². The molecule has 18 heavy (non-hydrogen) atoms. The second-order valence-corrected chi connectivity index (χ2v) is 7.51. The minimum atomic E-state index is -3.05. The summed E-state index contributed by atoms with van der Waals surface area (Å²) >= 11 is 0. The lowest BCUT2D eigenvalue weighted by Crippen LogP contribution is -2.51. The van der Waals surface area contributed by atoms with E-state index in [4.69, 9.17) is 0 Å². The minimum absolute atomic E-state index is 0.219. The first-order chi connectivity index (χ1) is 8.53. The normalized spacial score (nSPS) is 25.2. The SMILES string of the molecule is CCCS(=O)(=O)N1CCN(C[C@@H](O)C2CC2)CC1. The molecule has 0 bridgehead atoms. The minimum Gasteiger partial charge on any atom is -0.392 e. The molecule has 1 aliphatic heterocycles. The second kappa shape index (κ2) is 5.86. The molecular formula is C12H24N2O3S. The number of sulfonamides is 1. The Morgan fingerprint density at radius 3 is 2.33 bits per heavy atom. The average molecular weight is 276 g/mol. The predicted octanol–water partition coefficient (Wildman–Crippen LogP) is 0.115. The van der Waals surface area contributed by atoms with E-state index in [0.717, 1.165) is 25.9 Å². The maximum absolute atomic E-state index is 11.9. The summed E-state index contributed by atoms with van der Waals surface area (Å²) in [5.41, 5.74) is 0. The smallest absolute Gasteiger partial charge is 0.214 e. The average Bonchev–Trinajstić information content (AvgIpc) is 3.13. The summed E-state index contributed by atoms with van der Waals surface area (Å²) in [7, 11) is -3.05. The van der Waals surface area contributed by atoms with E-state index >= 15 is 0 Å². The molecule has 0 aromatic rings. The Hall–Kier alpha value is -0.170. The molecule has 2 aliphatic rings. The summed E-state index contributed by atoms with van der Waals surface area (Å²) in [6.45, 7) is 5.21. The van der Waals surface area contributed by atoms with Crippen LogP contribution in [-0.4, -0.2) is 67.3 Å². The highest BCUT2D eigenvalue weighted by Crippen LogP contribution is 2.32. The molecule has 1 saturated heterocycles. The van der Waals surface area contributed by atoms with Gasteiger partial charge in [-0.25, -0.2) is 8.42 Å². The molecule has 1 aliphatic carbocycles. The molecule has 2 fully saturated rings. The highest BCUT2D eigenvalue weighted by atomic mass is 32.2. The number of hydrogen-bond donors (Lipinski definition) is 1. The van der Waals surface area contributed by atoms with E-state index in [1.54, 1.807) is 4.31 Å². The van der Waals surface area contributed by atoms with Crippen molar-refractivity contribution in [3.8, 4) is 0 Å². The Labute approximate surface area is 110 Å². The van der Waals surface area contributed by atoms with Crippen LogP contribution in [0.4, 0.5) is 0 Å². The fourth-order valence-corrected chi connectivity index (χ4v) is 3.97. The summed E-state index contributed by atoms with van der Waals surface area (Å²) in [6.07, 6.45) is 2.74. The van der Waals surface area contributed by atoms with Crippen molar-refractivity contribution in [3.63, 3.8) is 0 Å². The lowest BCUT2D eigenvalue weighted by molar-refractivity contribution is 0.0782. The van der Waals surface area contributed by atoms with Crippen molar-refractivity contribution >= 4 is 10.0 Å². The third-order valence-corrected chi connectivity index (χ3v) is 5.87. The zero-order valence-electron chi connectivity index (χ0n) is 11.1. The first-order valence-electron chi connectivity index (χ1n) is 6.91. The molecule has 0 amide bonds. The van der Waals surface area contributed by atoms with Crippen molar-refractivity contribution in [1.29, 1.82) is 0 Å². The molecule has 0 spiro atoms. The van der Waals surface area contributed by atoms with Gasteiger partial charge in [-0.1, -0.05) is 6.92 Å². The molecule has 2 rings (SSSR count). The van der Waals surface area contributed by atoms with Gasteiger partial charge in [-0.15, -0.1) is 0 Å². The van der Waals surface area contributed by atoms with Crippen molar-refractivity contribution in [1.82, 2.24) is 9.21 Å². The molecule has 0 aromatic heterocycles. The van der Waals surface area contributed by atoms with Gasteiger partial charge in [0.1, 0.15) is 0 Å². The van der Waals surface area contributed by atoms with Crippen molar-refractivity contribution in [2.24, 2.45) is 5.92 Å². The van der Waals surface area contributed by atoms with E-state index < -0.39 is 10.0 Å². The predicted molar refractivity (Wildman–Crippen MR) is 70.8 cm³/mol. The molecule has 1 N–H and O–H groups in total. The highest BCUT2D eigenvalue weighted by Gasteiger charge is 2.32. The highest BCUT2D eigenvalue weighted by molar-refractivity contribution is 7.89. The molecule has 1 saturated carbocycles. The third kappa shape index (κ3) is 3.66. The number of nitrogens with zero attached hydrogens (tertiary/aromatic N) is 2. The second-order valence-electron chi connectivity index (χ2n) is 5.42. The third-order valence-electron chi connectivity index (χ3n) is 3.80. The van der Waals surface area contributed by atoms with E-state index in [0.29, 0.717) is 32.0 Å². The standard InChI is InChI=1S/C12H24N2O3S/c1-2-9-18(16,17)14-7-5-13(6-8-14)10-12(15)11-3-4-11/h11-12,15H,2-10H2,1H3/t12-/m1/s1. The number of aliphatic hydroxyl groups excluding tert-OH is 1. The summed E-state index contributed by atoms with van der Waals surface area (Å²) in [4.78, 5) is 2.18. The van der Waals surface area contributed by atoms with Gasteiger partial charge in [0.2, 0.25) is 10.0 Å². The first kappa shape index (κ1) is 14.2. The lowest BCUT2D eigenvalue weighted by atomic mass is 10.2. The van der Waals surface area contributed by atoms with Crippen LogP contribution in [0, 0.1) is 5.92 Å². The van der Waals surface area contributed by atoms with E-state index in [-0.39, 0.29) is 11.9 Å². The van der Waals surface area contributed by atoms with Crippen LogP contribution in [0.15, 0.2) is 0 Å². The number of piperazine rings is 1. The zero-order valence-corrected chi connectivity index (χ0v) is 11.9. The van der Waals surface area contributed by atoms with Gasteiger partial charge in [0.25, 0.3) is 0 Å². The topological polar surface area (TPSA) is 60.9 Å². The summed E-state index contributed by atoms with van der Waals surface area (Å²) in [5, 5.41) is 9.88. The van der Waals surface area contributed by atoms with Crippen molar-refractivity contribution in [3.05, 3.63) is 0 Å². The molecule has 0 radical (unpaired) electrons. The fraction of sp³-hybridized carbons (Fsp3) is 1.00. The van der Waals surface area contributed by atoms with Crippen LogP contribution in [0.3, 0.4) is 0 Å². The fourth-order valence-electron chi connectivity index (χ4n) is 2.47. The van der Waals surface area contributed by atoms with Crippen molar-refractivity contribution in [2.45, 2.75) is 32.3 Å². The van der Waals surface area contributed by atoms with Crippen LogP contribution < -0.4 is 0 Å². The van der Waals surface area contributed by atoms with E-state index in [9.17, 15) is 13.5 Å². The van der Waals surface area contributed by atoms with E-state index in [2.05, 4.69) is 4.90 Å². The van der Waals surface area contributed by atoms with Gasteiger partial charge in [0, 0.05) is 32.7 Å². The molecule has 6 heteroatoms. The Bertz CT molecular complexity index is 360. The van der Waals surface area contributed by atoms with Crippen LogP contribution in [0.5, 0.6) is 0 Å². The number of β-amino-alcohol motifs (C(OH)–C–C–N with tert-alkyl or cyclic N) is 1. The van der Waals surface area contributed by atoms with Crippen LogP contribution >= 0.6 is 0 Å². The zero-order chi connectivity index (χ0) is 13.2. The van der Waals surface area contributed by atoms with Crippen LogP contribution in [0.1, 0.15) is 26.2 Å². The van der Waals surface area contributed by atoms with Crippen molar-refractivity contribution in [2.75, 3.05) is 38.5 Å². The number of aliphatic hydroxyl groups is 1. The summed E-state index contributed by atoms with van der Waals surface area (Å²) in [5.74, 6) is 0.740. The number of rotatable bonds is 6. The van der Waals surface area contributed by atoms with Crippen LogP contribution in [-0.2, 0) is 10.0 Å². The molecule has 0 unspecified atom stereocenters. The van der Waals surface area contributed by atoms with Gasteiger partial charge >= 0.3 is 0 Å². The molecule has 5 nitrogen and oxygen atoms in total. The summed E-state index contributed by atoms with van der Waals surface area (Å²) in [6, 6.07) is 0. The Morgan fingerprint density at radius 1 is 1.22 bits per heavy atom. The Kier molecular flexibility index (Phi) is 4.64. The van der Waals surface area contributed by atoms with Crippen LogP contribution in [0.2, 0.25) is 0 Å². The Morgan fingerprint density at radius 2 is 1.83 bits per heavy atom. The number of hydrogen-bond acceptors (Lipinski definition) is 4. The van der Waals surface area contributed by atoms with E-state index in [1.807, 2.05) is 6.92 Å². The van der Waals surface area contributed by atoms with E-state index in [1.165, 1.54) is 0 Å². The molecule has 106 valence electrons. The first-order valence-corrected chi connectivity index (χ1v) is 8.52. The Balaban J connectivity index is 1.77. The van der Waals surface area contributed by atoms with Gasteiger partial charge in [0.05, 0.1) is 11.9 Å². The molecule has 0 aromatic carbocycles. The maximum Gasteiger partial charge on any atom is 0.214 e. The quantitative estimate of drug-likeness (QED) is 0.748. The molecular weight excluding hydrogens is 252 g/mol. The molecule has 1 atom stereocenters. The van der Waals surface area contributed by atoms with Gasteiger partial charge < -0.3 is 5.11 Å². The molecule has 1 heterocycles. The van der Waals surface area contributed by atoms with Gasteiger partial charge in [0.15, 0.2) is 0 Å². The monoisotopic (exact) mass is 276 g/mol. The van der Waals surface area contributed by atoms with Gasteiger partial charge in [-0.3, -0.25) is 4.90 Å². The maximum atomic E-state index is 11.9. The largest absolute Gasteiger partial charge is 0.392 e. The summed E-state index contributed by atoms with van der Waals surface area (Å²) < 4.78 is 25.4. The lowest BCUT2D eigenvalue weighted by Gasteiger charge is -2.34. The van der Waals surface area contributed by atoms with Crippen LogP contribution in [0.25, 0.3) is 0 Å².